The SMILES string of the molecule is O=Cc1nc(Br)co1. The smallest absolute Gasteiger partial charge is 0.260 e. The number of oxazole rings is 1. The first-order valence-corrected chi connectivity index (χ1v) is 2.68. The lowest BCUT2D eigenvalue weighted by atomic mass is 10.8. The highest BCUT2D eigenvalue weighted by Gasteiger charge is 1.95. The fraction of sp³-hybridized carbons (Fsp3) is 0. The zero-order chi connectivity index (χ0) is 5.98. The van der Waals surface area contributed by atoms with E-state index in [9.17, 15) is 4.79 Å². The fourth-order valence-electron chi connectivity index (χ4n) is 0.321. The van der Waals surface area contributed by atoms with E-state index in [1.165, 1.54) is 6.26 Å². The van der Waals surface area contributed by atoms with Gasteiger partial charge in [0.1, 0.15) is 10.9 Å². The molecule has 1 heterocycles. The van der Waals surface area contributed by atoms with Crippen LogP contribution in [0.25, 0.3) is 0 Å². The van der Waals surface area contributed by atoms with Gasteiger partial charge in [0.25, 0.3) is 5.89 Å². The fourth-order valence-corrected chi connectivity index (χ4v) is 0.589. The molecule has 0 radical (unpaired) electrons. The molecule has 8 heavy (non-hydrogen) atoms. The number of aromatic nitrogens is 1. The largest absolute Gasteiger partial charge is 0.441 e. The van der Waals surface area contributed by atoms with Gasteiger partial charge in [-0.1, -0.05) is 0 Å². The number of halogens is 1. The van der Waals surface area contributed by atoms with E-state index < -0.39 is 0 Å². The van der Waals surface area contributed by atoms with Gasteiger partial charge in [-0.25, -0.2) is 0 Å². The third-order valence-corrected chi connectivity index (χ3v) is 0.959. The van der Waals surface area contributed by atoms with Gasteiger partial charge in [-0.2, -0.15) is 4.98 Å². The molecule has 0 aliphatic heterocycles. The summed E-state index contributed by atoms with van der Waals surface area (Å²) in [5.74, 6) is 0.0943. The maximum absolute atomic E-state index is 9.84. The van der Waals surface area contributed by atoms with Crippen LogP contribution in [0.15, 0.2) is 15.3 Å². The summed E-state index contributed by atoms with van der Waals surface area (Å²) in [6.45, 7) is 0. The Morgan fingerprint density at radius 3 is 2.88 bits per heavy atom. The van der Waals surface area contributed by atoms with E-state index in [1.807, 2.05) is 0 Å². The lowest BCUT2D eigenvalue weighted by Gasteiger charge is -1.67. The summed E-state index contributed by atoms with van der Waals surface area (Å²) in [7, 11) is 0. The average molecular weight is 176 g/mol. The molecule has 1 rings (SSSR count). The number of aldehydes is 1. The van der Waals surface area contributed by atoms with Crippen LogP contribution < -0.4 is 0 Å². The standard InChI is InChI=1S/C4H2BrNO2/c5-3-2-8-4(1-7)6-3/h1-2H. The molecule has 0 bridgehead atoms. The molecule has 0 aromatic carbocycles. The minimum atomic E-state index is 0.0943. The van der Waals surface area contributed by atoms with Gasteiger partial charge in [0.15, 0.2) is 0 Å². The van der Waals surface area contributed by atoms with Crippen LogP contribution in [0, 0.1) is 0 Å². The van der Waals surface area contributed by atoms with Crippen molar-refractivity contribution < 1.29 is 9.21 Å². The zero-order valence-electron chi connectivity index (χ0n) is 3.80. The van der Waals surface area contributed by atoms with E-state index in [4.69, 9.17) is 0 Å². The summed E-state index contributed by atoms with van der Waals surface area (Å²) in [6.07, 6.45) is 1.90. The first-order chi connectivity index (χ1) is 3.83. The highest BCUT2D eigenvalue weighted by atomic mass is 79.9. The van der Waals surface area contributed by atoms with E-state index in [2.05, 4.69) is 25.3 Å². The molecule has 4 heteroatoms. The summed E-state index contributed by atoms with van der Waals surface area (Å²) >= 11 is 3.01. The van der Waals surface area contributed by atoms with Crippen molar-refractivity contribution in [1.29, 1.82) is 0 Å². The number of hydrogen-bond acceptors (Lipinski definition) is 3. The molecule has 42 valence electrons. The maximum Gasteiger partial charge on any atom is 0.260 e. The number of carbonyl (C=O) groups is 1. The van der Waals surface area contributed by atoms with Crippen LogP contribution in [0.1, 0.15) is 10.7 Å². The third kappa shape index (κ3) is 0.949. The molecule has 1 aromatic heterocycles. The Kier molecular flexibility index (Phi) is 1.43. The molecule has 0 N–H and O–H groups in total. The third-order valence-electron chi connectivity index (χ3n) is 0.595. The summed E-state index contributed by atoms with van der Waals surface area (Å²) in [5, 5.41) is 0. The van der Waals surface area contributed by atoms with Crippen molar-refractivity contribution in [3.8, 4) is 0 Å². The van der Waals surface area contributed by atoms with Crippen molar-refractivity contribution in [2.75, 3.05) is 0 Å². The van der Waals surface area contributed by atoms with Gasteiger partial charge in [-0.05, 0) is 15.9 Å². The molecule has 3 nitrogen and oxygen atoms in total. The van der Waals surface area contributed by atoms with Crippen LogP contribution in [0.3, 0.4) is 0 Å². The summed E-state index contributed by atoms with van der Waals surface area (Å²) in [5.41, 5.74) is 0. The topological polar surface area (TPSA) is 43.1 Å². The molecule has 0 saturated heterocycles. The van der Waals surface area contributed by atoms with Crippen molar-refractivity contribution in [2.45, 2.75) is 0 Å². The van der Waals surface area contributed by atoms with Gasteiger partial charge in [-0.15, -0.1) is 0 Å². The molecular formula is C4H2BrNO2. The van der Waals surface area contributed by atoms with Crippen LogP contribution in [-0.4, -0.2) is 11.3 Å². The van der Waals surface area contributed by atoms with Crippen molar-refractivity contribution >= 4 is 22.2 Å². The van der Waals surface area contributed by atoms with Gasteiger partial charge in [0.2, 0.25) is 6.29 Å². The van der Waals surface area contributed by atoms with E-state index in [1.54, 1.807) is 0 Å². The Hall–Kier alpha value is -0.640. The van der Waals surface area contributed by atoms with Crippen LogP contribution in [0.5, 0.6) is 0 Å². The summed E-state index contributed by atoms with van der Waals surface area (Å²) in [6, 6.07) is 0. The summed E-state index contributed by atoms with van der Waals surface area (Å²) < 4.78 is 5.13. The van der Waals surface area contributed by atoms with Crippen LogP contribution in [-0.2, 0) is 0 Å². The Morgan fingerprint density at radius 1 is 1.88 bits per heavy atom. The quantitative estimate of drug-likeness (QED) is 0.604. The summed E-state index contributed by atoms with van der Waals surface area (Å²) in [4.78, 5) is 13.5. The van der Waals surface area contributed by atoms with E-state index in [-0.39, 0.29) is 5.89 Å². The van der Waals surface area contributed by atoms with Gasteiger partial charge in [0.05, 0.1) is 0 Å². The molecule has 0 spiro atoms. The molecule has 1 aromatic rings. The number of rotatable bonds is 1. The van der Waals surface area contributed by atoms with E-state index in [0.717, 1.165) is 0 Å². The second kappa shape index (κ2) is 2.09. The van der Waals surface area contributed by atoms with Gasteiger partial charge >= 0.3 is 0 Å². The van der Waals surface area contributed by atoms with Crippen molar-refractivity contribution in [2.24, 2.45) is 0 Å². The van der Waals surface area contributed by atoms with Crippen LogP contribution in [0.2, 0.25) is 0 Å². The van der Waals surface area contributed by atoms with Crippen LogP contribution >= 0.6 is 15.9 Å². The Bertz CT molecular complexity index is 196. The Labute approximate surface area is 53.8 Å². The molecular weight excluding hydrogens is 174 g/mol. The van der Waals surface area contributed by atoms with Gasteiger partial charge in [-0.3, -0.25) is 4.79 Å². The normalized spacial score (nSPS) is 9.12. The monoisotopic (exact) mass is 175 g/mol. The van der Waals surface area contributed by atoms with Crippen molar-refractivity contribution in [1.82, 2.24) is 4.98 Å². The molecule has 0 unspecified atom stereocenters. The van der Waals surface area contributed by atoms with E-state index in [0.29, 0.717) is 10.9 Å². The number of hydrogen-bond donors (Lipinski definition) is 0. The molecule has 0 saturated carbocycles. The van der Waals surface area contributed by atoms with Gasteiger partial charge < -0.3 is 4.42 Å². The lowest BCUT2D eigenvalue weighted by molar-refractivity contribution is 0.109. The van der Waals surface area contributed by atoms with Gasteiger partial charge in [0, 0.05) is 0 Å². The maximum atomic E-state index is 9.84. The Morgan fingerprint density at radius 2 is 2.62 bits per heavy atom. The van der Waals surface area contributed by atoms with Crippen LogP contribution in [0.4, 0.5) is 0 Å². The zero-order valence-corrected chi connectivity index (χ0v) is 5.38. The minimum absolute atomic E-state index is 0.0943. The molecule has 0 fully saturated rings. The molecule has 0 amide bonds. The first-order valence-electron chi connectivity index (χ1n) is 1.89. The average Bonchev–Trinajstić information content (AvgIpc) is 2.14. The second-order valence-corrected chi connectivity index (χ2v) is 1.94. The predicted molar refractivity (Wildman–Crippen MR) is 29.6 cm³/mol. The predicted octanol–water partition coefficient (Wildman–Crippen LogP) is 1.25. The Balaban J connectivity index is 3.00. The molecule has 0 atom stereocenters. The second-order valence-electron chi connectivity index (χ2n) is 1.13. The van der Waals surface area contributed by atoms with Crippen molar-refractivity contribution in [3.05, 3.63) is 16.8 Å². The lowest BCUT2D eigenvalue weighted by Crippen LogP contribution is -1.74. The number of nitrogens with zero attached hydrogens (tertiary/aromatic N) is 1. The minimum Gasteiger partial charge on any atom is -0.441 e. The first kappa shape index (κ1) is 5.50. The highest BCUT2D eigenvalue weighted by Crippen LogP contribution is 2.05. The number of carbonyl (C=O) groups excluding carboxylic acids is 1. The van der Waals surface area contributed by atoms with E-state index >= 15 is 0 Å². The molecule has 0 aliphatic rings. The molecule has 0 aliphatic carbocycles. The highest BCUT2D eigenvalue weighted by molar-refractivity contribution is 9.10. The van der Waals surface area contributed by atoms with Crippen molar-refractivity contribution in [3.63, 3.8) is 0 Å².